The first-order valence-electron chi connectivity index (χ1n) is 6.97. The van der Waals surface area contributed by atoms with Gasteiger partial charge in [-0.3, -0.25) is 10.1 Å². The van der Waals surface area contributed by atoms with Crippen LogP contribution in [0.25, 0.3) is 0 Å². The molecule has 1 heterocycles. The smallest absolute Gasteiger partial charge is 0.274 e. The number of nitrogens with one attached hydrogen (secondary N) is 2. The van der Waals surface area contributed by atoms with Crippen LogP contribution in [0.3, 0.4) is 0 Å². The molecule has 0 spiro atoms. The fourth-order valence-electron chi connectivity index (χ4n) is 1.99. The van der Waals surface area contributed by atoms with E-state index in [1.165, 1.54) is 0 Å². The summed E-state index contributed by atoms with van der Waals surface area (Å²) in [5.41, 5.74) is 6.64. The molecule has 0 bridgehead atoms. The third kappa shape index (κ3) is 5.98. The van der Waals surface area contributed by atoms with Gasteiger partial charge in [-0.05, 0) is 32.4 Å². The fourth-order valence-corrected chi connectivity index (χ4v) is 2.73. The van der Waals surface area contributed by atoms with Gasteiger partial charge in [0.15, 0.2) is 5.82 Å². The second kappa shape index (κ2) is 8.09. The van der Waals surface area contributed by atoms with Crippen molar-refractivity contribution in [1.82, 2.24) is 10.6 Å². The summed E-state index contributed by atoms with van der Waals surface area (Å²) in [4.78, 5) is 9.89. The highest BCUT2D eigenvalue weighted by Crippen LogP contribution is 2.26. The lowest BCUT2D eigenvalue weighted by atomic mass is 10.0. The van der Waals surface area contributed by atoms with Gasteiger partial charge >= 0.3 is 0 Å². The monoisotopic (exact) mass is 328 g/mol. The molecule has 1 aromatic heterocycles. The Morgan fingerprint density at radius 1 is 1.59 bits per heavy atom. The van der Waals surface area contributed by atoms with Crippen LogP contribution in [-0.4, -0.2) is 24.3 Å². The number of furan rings is 1. The maximum absolute atomic E-state index is 10.4. The molecule has 124 valence electrons. The Morgan fingerprint density at radius 2 is 2.27 bits per heavy atom. The number of hydrogen-bond acceptors (Lipinski definition) is 7. The van der Waals surface area contributed by atoms with Crippen molar-refractivity contribution in [2.45, 2.75) is 32.1 Å². The van der Waals surface area contributed by atoms with E-state index in [-0.39, 0.29) is 0 Å². The SMILES string of the molecule is CN/C(=C\[N+](=O)[O-])NCCSCc1cc(C)c(C(C)(C)N)o1. The van der Waals surface area contributed by atoms with Crippen molar-refractivity contribution in [2.24, 2.45) is 5.73 Å². The van der Waals surface area contributed by atoms with Gasteiger partial charge in [-0.25, -0.2) is 0 Å². The standard InChI is InChI=1S/C14H24N4O3S/c1-10-7-11(21-13(10)14(2,3)15)9-22-6-5-17-12(16-4)8-18(19)20/h7-8,16-17H,5-6,9,15H2,1-4H3/b12-8+. The van der Waals surface area contributed by atoms with Gasteiger partial charge in [-0.1, -0.05) is 0 Å². The number of aryl methyl sites for hydroxylation is 1. The van der Waals surface area contributed by atoms with Gasteiger partial charge in [0, 0.05) is 19.3 Å². The minimum absolute atomic E-state index is 0.395. The summed E-state index contributed by atoms with van der Waals surface area (Å²) in [6.07, 6.45) is 0.913. The van der Waals surface area contributed by atoms with Gasteiger partial charge in [-0.2, -0.15) is 11.8 Å². The summed E-state index contributed by atoms with van der Waals surface area (Å²) in [6.45, 7) is 6.45. The van der Waals surface area contributed by atoms with E-state index in [4.69, 9.17) is 10.2 Å². The van der Waals surface area contributed by atoms with Crippen LogP contribution in [-0.2, 0) is 11.3 Å². The van der Waals surface area contributed by atoms with Crippen LogP contribution in [0.4, 0.5) is 0 Å². The van der Waals surface area contributed by atoms with Crippen molar-refractivity contribution in [3.8, 4) is 0 Å². The Bertz CT molecular complexity index is 535. The first-order chi connectivity index (χ1) is 10.2. The Hall–Kier alpha value is -1.67. The number of nitrogens with two attached hydrogens (primary N) is 1. The number of rotatable bonds is 9. The molecule has 0 saturated carbocycles. The van der Waals surface area contributed by atoms with Crippen LogP contribution >= 0.6 is 11.8 Å². The minimum Gasteiger partial charge on any atom is -0.463 e. The van der Waals surface area contributed by atoms with Crippen molar-refractivity contribution >= 4 is 11.8 Å². The zero-order valence-electron chi connectivity index (χ0n) is 13.4. The zero-order valence-corrected chi connectivity index (χ0v) is 14.3. The lowest BCUT2D eigenvalue weighted by molar-refractivity contribution is -0.404. The van der Waals surface area contributed by atoms with Crippen molar-refractivity contribution in [2.75, 3.05) is 19.3 Å². The molecule has 0 unspecified atom stereocenters. The summed E-state index contributed by atoms with van der Waals surface area (Å²) in [7, 11) is 1.64. The second-order valence-electron chi connectivity index (χ2n) is 5.50. The highest BCUT2D eigenvalue weighted by Gasteiger charge is 2.21. The molecule has 4 N–H and O–H groups in total. The van der Waals surface area contributed by atoms with E-state index < -0.39 is 10.5 Å². The molecule has 0 aromatic carbocycles. The molecular weight excluding hydrogens is 304 g/mol. The predicted octanol–water partition coefficient (Wildman–Crippen LogP) is 1.90. The van der Waals surface area contributed by atoms with E-state index >= 15 is 0 Å². The number of thioether (sulfide) groups is 1. The van der Waals surface area contributed by atoms with Crippen molar-refractivity contribution in [3.05, 3.63) is 45.3 Å². The van der Waals surface area contributed by atoms with Gasteiger partial charge < -0.3 is 20.8 Å². The molecule has 0 aliphatic rings. The summed E-state index contributed by atoms with van der Waals surface area (Å²) >= 11 is 1.69. The molecule has 1 rings (SSSR count). The molecule has 0 amide bonds. The summed E-state index contributed by atoms with van der Waals surface area (Å²) in [5, 5.41) is 16.1. The third-order valence-electron chi connectivity index (χ3n) is 2.86. The fraction of sp³-hybridized carbons (Fsp3) is 0.571. The van der Waals surface area contributed by atoms with Gasteiger partial charge in [0.2, 0.25) is 0 Å². The van der Waals surface area contributed by atoms with Gasteiger partial charge in [0.05, 0.1) is 16.2 Å². The molecule has 1 aromatic rings. The average molecular weight is 328 g/mol. The van der Waals surface area contributed by atoms with Gasteiger partial charge in [0.1, 0.15) is 11.5 Å². The predicted molar refractivity (Wildman–Crippen MR) is 89.0 cm³/mol. The normalized spacial score (nSPS) is 12.3. The van der Waals surface area contributed by atoms with Crippen LogP contribution in [0.5, 0.6) is 0 Å². The van der Waals surface area contributed by atoms with Gasteiger partial charge in [-0.15, -0.1) is 0 Å². The summed E-state index contributed by atoms with van der Waals surface area (Å²) in [5.74, 6) is 3.65. The quantitative estimate of drug-likeness (QED) is 0.361. The van der Waals surface area contributed by atoms with Crippen molar-refractivity contribution in [3.63, 3.8) is 0 Å². The van der Waals surface area contributed by atoms with E-state index in [0.717, 1.165) is 34.8 Å². The highest BCUT2D eigenvalue weighted by molar-refractivity contribution is 7.98. The van der Waals surface area contributed by atoms with Crippen LogP contribution in [0.1, 0.15) is 30.9 Å². The molecule has 0 saturated heterocycles. The Labute approximate surface area is 134 Å². The molecular formula is C14H24N4O3S. The van der Waals surface area contributed by atoms with Crippen LogP contribution < -0.4 is 16.4 Å². The number of nitrogens with zero attached hydrogens (tertiary/aromatic N) is 1. The lowest BCUT2D eigenvalue weighted by Gasteiger charge is -2.16. The lowest BCUT2D eigenvalue weighted by Crippen LogP contribution is -2.28. The molecule has 8 heteroatoms. The Morgan fingerprint density at radius 3 is 2.77 bits per heavy atom. The molecule has 0 atom stereocenters. The van der Waals surface area contributed by atoms with E-state index in [1.807, 2.05) is 26.8 Å². The van der Waals surface area contributed by atoms with E-state index in [0.29, 0.717) is 12.4 Å². The van der Waals surface area contributed by atoms with E-state index in [9.17, 15) is 10.1 Å². The average Bonchev–Trinajstić information content (AvgIpc) is 2.77. The largest absolute Gasteiger partial charge is 0.463 e. The zero-order chi connectivity index (χ0) is 16.8. The van der Waals surface area contributed by atoms with Crippen molar-refractivity contribution in [1.29, 1.82) is 0 Å². The van der Waals surface area contributed by atoms with Gasteiger partial charge in [0.25, 0.3) is 6.20 Å². The van der Waals surface area contributed by atoms with Crippen LogP contribution in [0.2, 0.25) is 0 Å². The maximum atomic E-state index is 10.4. The third-order valence-corrected chi connectivity index (χ3v) is 3.85. The Balaban J connectivity index is 2.38. The number of nitro groups is 1. The molecule has 0 aliphatic carbocycles. The molecule has 0 radical (unpaired) electrons. The van der Waals surface area contributed by atoms with E-state index in [2.05, 4.69) is 10.6 Å². The first-order valence-corrected chi connectivity index (χ1v) is 8.13. The van der Waals surface area contributed by atoms with E-state index in [1.54, 1.807) is 18.8 Å². The summed E-state index contributed by atoms with van der Waals surface area (Å²) < 4.78 is 5.80. The topological polar surface area (TPSA) is 106 Å². The highest BCUT2D eigenvalue weighted by atomic mass is 32.2. The minimum atomic E-state index is -0.492. The van der Waals surface area contributed by atoms with Crippen LogP contribution in [0, 0.1) is 17.0 Å². The second-order valence-corrected chi connectivity index (χ2v) is 6.61. The maximum Gasteiger partial charge on any atom is 0.274 e. The molecule has 22 heavy (non-hydrogen) atoms. The van der Waals surface area contributed by atoms with Crippen molar-refractivity contribution < 1.29 is 9.34 Å². The molecule has 0 aliphatic heterocycles. The number of hydrogen-bond donors (Lipinski definition) is 3. The Kier molecular flexibility index (Phi) is 6.76. The summed E-state index contributed by atoms with van der Waals surface area (Å²) in [6, 6.07) is 2.01. The molecule has 0 fully saturated rings. The van der Waals surface area contributed by atoms with Crippen LogP contribution in [0.15, 0.2) is 22.5 Å². The first kappa shape index (κ1) is 18.4. The molecule has 7 nitrogen and oxygen atoms in total.